The minimum atomic E-state index is -0.105. The molecule has 4 aromatic rings. The third kappa shape index (κ3) is 4.33. The van der Waals surface area contributed by atoms with Gasteiger partial charge in [-0.3, -0.25) is 4.79 Å². The van der Waals surface area contributed by atoms with E-state index in [1.807, 2.05) is 60.7 Å². The second kappa shape index (κ2) is 8.40. The normalized spacial score (nSPS) is 10.9. The summed E-state index contributed by atoms with van der Waals surface area (Å²) in [5, 5.41) is 0.976. The fourth-order valence-electron chi connectivity index (χ4n) is 2.93. The first-order valence-electron chi connectivity index (χ1n) is 9.22. The quantitative estimate of drug-likeness (QED) is 0.307. The van der Waals surface area contributed by atoms with Crippen LogP contribution in [0, 0.1) is 0 Å². The molecule has 0 bridgehead atoms. The van der Waals surface area contributed by atoms with Crippen LogP contribution in [0.5, 0.6) is 17.4 Å². The van der Waals surface area contributed by atoms with Gasteiger partial charge in [0.25, 0.3) is 0 Å². The summed E-state index contributed by atoms with van der Waals surface area (Å²) in [6.07, 6.45) is 3.27. The Hall–Kier alpha value is -3.92. The molecule has 0 atom stereocenters. The standard InChI is InChI=1S/C25H19NO3/c1-28-21-14-11-18(12-15-21)24(27)16-13-20-17-19-7-5-6-10-23(19)26-25(20)29-22-8-3-2-4-9-22/h2-17H,1H3/b16-13+. The molecule has 3 aromatic carbocycles. The van der Waals surface area contributed by atoms with E-state index in [0.29, 0.717) is 22.9 Å². The molecule has 0 N–H and O–H groups in total. The van der Waals surface area contributed by atoms with Gasteiger partial charge < -0.3 is 9.47 Å². The molecule has 0 saturated carbocycles. The van der Waals surface area contributed by atoms with Crippen molar-refractivity contribution in [2.45, 2.75) is 0 Å². The number of benzene rings is 3. The second-order valence-corrected chi connectivity index (χ2v) is 6.42. The Morgan fingerprint density at radius 3 is 2.34 bits per heavy atom. The number of rotatable bonds is 6. The summed E-state index contributed by atoms with van der Waals surface area (Å²) >= 11 is 0. The van der Waals surface area contributed by atoms with Crippen LogP contribution >= 0.6 is 0 Å². The van der Waals surface area contributed by atoms with E-state index in [1.54, 1.807) is 37.5 Å². The molecule has 0 spiro atoms. The van der Waals surface area contributed by atoms with Crippen molar-refractivity contribution >= 4 is 22.8 Å². The number of carbonyl (C=O) groups is 1. The van der Waals surface area contributed by atoms with Crippen molar-refractivity contribution in [2.24, 2.45) is 0 Å². The van der Waals surface area contributed by atoms with Crippen LogP contribution in [0.1, 0.15) is 15.9 Å². The maximum absolute atomic E-state index is 12.6. The van der Waals surface area contributed by atoms with Gasteiger partial charge in [-0.15, -0.1) is 0 Å². The number of hydrogen-bond acceptors (Lipinski definition) is 4. The van der Waals surface area contributed by atoms with Gasteiger partial charge in [0.15, 0.2) is 5.78 Å². The Morgan fingerprint density at radius 2 is 1.59 bits per heavy atom. The monoisotopic (exact) mass is 381 g/mol. The molecule has 0 radical (unpaired) electrons. The van der Waals surface area contributed by atoms with Crippen LogP contribution in [0.4, 0.5) is 0 Å². The molecule has 142 valence electrons. The number of methoxy groups -OCH3 is 1. The molecule has 4 nitrogen and oxygen atoms in total. The minimum absolute atomic E-state index is 0.105. The number of ketones is 1. The largest absolute Gasteiger partial charge is 0.497 e. The van der Waals surface area contributed by atoms with E-state index in [-0.39, 0.29) is 5.78 Å². The Balaban J connectivity index is 1.67. The van der Waals surface area contributed by atoms with E-state index in [2.05, 4.69) is 4.98 Å². The van der Waals surface area contributed by atoms with Gasteiger partial charge in [0.1, 0.15) is 11.5 Å². The Labute approximate surface area is 169 Å². The van der Waals surface area contributed by atoms with Gasteiger partial charge >= 0.3 is 0 Å². The Kier molecular flexibility index (Phi) is 5.34. The van der Waals surface area contributed by atoms with Crippen molar-refractivity contribution in [3.8, 4) is 17.4 Å². The maximum atomic E-state index is 12.6. The molecule has 0 aliphatic rings. The molecule has 0 aliphatic carbocycles. The van der Waals surface area contributed by atoms with Gasteiger partial charge in [-0.05, 0) is 60.7 Å². The highest BCUT2D eigenvalue weighted by atomic mass is 16.5. The van der Waals surface area contributed by atoms with Crippen LogP contribution in [0.25, 0.3) is 17.0 Å². The van der Waals surface area contributed by atoms with Crippen LogP contribution < -0.4 is 9.47 Å². The summed E-state index contributed by atoms with van der Waals surface area (Å²) in [6.45, 7) is 0. The van der Waals surface area contributed by atoms with Gasteiger partial charge in [-0.25, -0.2) is 4.98 Å². The van der Waals surface area contributed by atoms with Gasteiger partial charge in [0, 0.05) is 16.5 Å². The average Bonchev–Trinajstić information content (AvgIpc) is 2.78. The van der Waals surface area contributed by atoms with Crippen molar-refractivity contribution in [1.82, 2.24) is 4.98 Å². The zero-order chi connectivity index (χ0) is 20.1. The molecule has 0 saturated heterocycles. The van der Waals surface area contributed by atoms with Crippen molar-refractivity contribution in [2.75, 3.05) is 7.11 Å². The van der Waals surface area contributed by atoms with Crippen molar-refractivity contribution in [3.05, 3.63) is 102 Å². The summed E-state index contributed by atoms with van der Waals surface area (Å²) in [5.41, 5.74) is 2.15. The highest BCUT2D eigenvalue weighted by Crippen LogP contribution is 2.28. The van der Waals surface area contributed by atoms with Gasteiger partial charge in [-0.1, -0.05) is 36.4 Å². The predicted octanol–water partition coefficient (Wildman–Crippen LogP) is 5.93. The average molecular weight is 381 g/mol. The zero-order valence-electron chi connectivity index (χ0n) is 15.9. The molecule has 0 fully saturated rings. The lowest BCUT2D eigenvalue weighted by Crippen LogP contribution is -1.96. The first-order valence-corrected chi connectivity index (χ1v) is 9.22. The van der Waals surface area contributed by atoms with Crippen LogP contribution in [0.3, 0.4) is 0 Å². The fraction of sp³-hybridized carbons (Fsp3) is 0.0400. The lowest BCUT2D eigenvalue weighted by molar-refractivity contribution is 0.104. The molecule has 0 amide bonds. The van der Waals surface area contributed by atoms with E-state index in [4.69, 9.17) is 9.47 Å². The number of carbonyl (C=O) groups excluding carboxylic acids is 1. The Bertz CT molecular complexity index is 1170. The highest BCUT2D eigenvalue weighted by Gasteiger charge is 2.09. The molecule has 1 aromatic heterocycles. The molecule has 4 heteroatoms. The summed E-state index contributed by atoms with van der Waals surface area (Å²) in [7, 11) is 1.59. The van der Waals surface area contributed by atoms with Gasteiger partial charge in [0.2, 0.25) is 5.88 Å². The maximum Gasteiger partial charge on any atom is 0.227 e. The second-order valence-electron chi connectivity index (χ2n) is 6.42. The molecule has 0 unspecified atom stereocenters. The number of aromatic nitrogens is 1. The number of allylic oxidation sites excluding steroid dienone is 1. The van der Waals surface area contributed by atoms with Gasteiger partial charge in [-0.2, -0.15) is 0 Å². The van der Waals surface area contributed by atoms with E-state index in [1.165, 1.54) is 6.08 Å². The van der Waals surface area contributed by atoms with Crippen LogP contribution in [-0.2, 0) is 0 Å². The van der Waals surface area contributed by atoms with Crippen LogP contribution in [0.2, 0.25) is 0 Å². The molecule has 4 rings (SSSR count). The molecule has 0 aliphatic heterocycles. The number of nitrogens with zero attached hydrogens (tertiary/aromatic N) is 1. The summed E-state index contributed by atoms with van der Waals surface area (Å²) in [4.78, 5) is 17.2. The SMILES string of the molecule is COc1ccc(C(=O)/C=C/c2cc3ccccc3nc2Oc2ccccc2)cc1. The topological polar surface area (TPSA) is 48.4 Å². The minimum Gasteiger partial charge on any atom is -0.497 e. The smallest absolute Gasteiger partial charge is 0.227 e. The first-order chi connectivity index (χ1) is 14.2. The van der Waals surface area contributed by atoms with E-state index in [9.17, 15) is 4.79 Å². The lowest BCUT2D eigenvalue weighted by atomic mass is 10.1. The van der Waals surface area contributed by atoms with Gasteiger partial charge in [0.05, 0.1) is 12.6 Å². The summed E-state index contributed by atoms with van der Waals surface area (Å²) < 4.78 is 11.1. The molecular weight excluding hydrogens is 362 g/mol. The molecule has 1 heterocycles. The number of hydrogen-bond donors (Lipinski definition) is 0. The number of ether oxygens (including phenoxy) is 2. The fourth-order valence-corrected chi connectivity index (χ4v) is 2.93. The molecule has 29 heavy (non-hydrogen) atoms. The number of pyridine rings is 1. The van der Waals surface area contributed by atoms with Crippen LogP contribution in [-0.4, -0.2) is 17.9 Å². The van der Waals surface area contributed by atoms with E-state index in [0.717, 1.165) is 16.5 Å². The van der Waals surface area contributed by atoms with Crippen molar-refractivity contribution in [3.63, 3.8) is 0 Å². The van der Waals surface area contributed by atoms with Crippen molar-refractivity contribution in [1.29, 1.82) is 0 Å². The van der Waals surface area contributed by atoms with Crippen molar-refractivity contribution < 1.29 is 14.3 Å². The van der Waals surface area contributed by atoms with Crippen LogP contribution in [0.15, 0.2) is 91.0 Å². The summed E-state index contributed by atoms with van der Waals surface area (Å²) in [6, 6.07) is 26.3. The third-order valence-electron chi connectivity index (χ3n) is 4.46. The molecular formula is C25H19NO3. The lowest BCUT2D eigenvalue weighted by Gasteiger charge is -2.09. The summed E-state index contributed by atoms with van der Waals surface area (Å²) in [5.74, 6) is 1.74. The third-order valence-corrected chi connectivity index (χ3v) is 4.46. The van der Waals surface area contributed by atoms with E-state index >= 15 is 0 Å². The highest BCUT2D eigenvalue weighted by molar-refractivity contribution is 6.07. The van der Waals surface area contributed by atoms with E-state index < -0.39 is 0 Å². The number of fused-ring (bicyclic) bond motifs is 1. The number of para-hydroxylation sites is 2. The Morgan fingerprint density at radius 1 is 0.862 bits per heavy atom. The predicted molar refractivity (Wildman–Crippen MR) is 115 cm³/mol. The zero-order valence-corrected chi connectivity index (χ0v) is 15.9. The first kappa shape index (κ1) is 18.4.